The number of carbonyl (C=O) groups is 1. The minimum Gasteiger partial charge on any atom is -0.481 e. The fourth-order valence-electron chi connectivity index (χ4n) is 1.75. The summed E-state index contributed by atoms with van der Waals surface area (Å²) in [5.74, 6) is -0.714. The summed E-state index contributed by atoms with van der Waals surface area (Å²) in [5, 5.41) is 8.53. The lowest BCUT2D eigenvalue weighted by Crippen LogP contribution is -2.24. The molecule has 106 valence electrons. The zero-order valence-electron chi connectivity index (χ0n) is 11.5. The van der Waals surface area contributed by atoms with Gasteiger partial charge in [0.1, 0.15) is 0 Å². The number of rotatable bonds is 10. The van der Waals surface area contributed by atoms with E-state index in [1.54, 1.807) is 0 Å². The highest BCUT2D eigenvalue weighted by molar-refractivity contribution is 5.66. The van der Waals surface area contributed by atoms with Crippen LogP contribution in [0.4, 0.5) is 0 Å². The van der Waals surface area contributed by atoms with Crippen LogP contribution in [0.25, 0.3) is 0 Å². The van der Waals surface area contributed by atoms with Crippen molar-refractivity contribution >= 4 is 5.97 Å². The van der Waals surface area contributed by atoms with Crippen molar-refractivity contribution in [1.82, 2.24) is 4.90 Å². The number of hydrogen-bond acceptors (Lipinski definition) is 3. The lowest BCUT2D eigenvalue weighted by molar-refractivity contribution is -0.137. The van der Waals surface area contributed by atoms with E-state index in [9.17, 15) is 4.79 Å². The molecule has 0 aliphatic carbocycles. The molecule has 0 spiro atoms. The van der Waals surface area contributed by atoms with Gasteiger partial charge in [0.05, 0.1) is 13.2 Å². The van der Waals surface area contributed by atoms with Crippen molar-refractivity contribution in [2.45, 2.75) is 25.9 Å². The van der Waals surface area contributed by atoms with Crippen LogP contribution in [0.5, 0.6) is 0 Å². The molecule has 0 aliphatic heterocycles. The summed E-state index contributed by atoms with van der Waals surface area (Å²) in [6.07, 6.45) is 1.92. The summed E-state index contributed by atoms with van der Waals surface area (Å²) in [7, 11) is 2.03. The number of benzene rings is 1. The number of nitrogens with zero attached hydrogens (tertiary/aromatic N) is 1. The van der Waals surface area contributed by atoms with Crippen molar-refractivity contribution < 1.29 is 14.6 Å². The Morgan fingerprint density at radius 3 is 2.63 bits per heavy atom. The Morgan fingerprint density at radius 1 is 1.21 bits per heavy atom. The van der Waals surface area contributed by atoms with Gasteiger partial charge >= 0.3 is 5.97 Å². The number of ether oxygens (including phenoxy) is 1. The van der Waals surface area contributed by atoms with Gasteiger partial charge in [0.15, 0.2) is 0 Å². The van der Waals surface area contributed by atoms with Crippen LogP contribution in [0.1, 0.15) is 24.8 Å². The molecule has 4 heteroatoms. The SMILES string of the molecule is CN(CCCCC(=O)O)CCOCc1ccccc1. The van der Waals surface area contributed by atoms with Crippen molar-refractivity contribution in [3.8, 4) is 0 Å². The Balaban J connectivity index is 1.98. The van der Waals surface area contributed by atoms with E-state index in [1.165, 1.54) is 5.56 Å². The van der Waals surface area contributed by atoms with Gasteiger partial charge in [-0.05, 0) is 32.0 Å². The first-order chi connectivity index (χ1) is 9.18. The topological polar surface area (TPSA) is 49.8 Å². The summed E-state index contributed by atoms with van der Waals surface area (Å²) in [6, 6.07) is 10.1. The molecule has 0 saturated carbocycles. The number of carboxylic acid groups (broad SMARTS) is 1. The molecule has 0 heterocycles. The molecule has 0 aromatic heterocycles. The van der Waals surface area contributed by atoms with E-state index in [1.807, 2.05) is 25.2 Å². The van der Waals surface area contributed by atoms with Crippen LogP contribution < -0.4 is 0 Å². The van der Waals surface area contributed by atoms with Gasteiger partial charge in [-0.15, -0.1) is 0 Å². The van der Waals surface area contributed by atoms with E-state index >= 15 is 0 Å². The first kappa shape index (κ1) is 15.7. The quantitative estimate of drug-likeness (QED) is 0.660. The van der Waals surface area contributed by atoms with Gasteiger partial charge in [-0.1, -0.05) is 30.3 Å². The van der Waals surface area contributed by atoms with Crippen LogP contribution in [-0.4, -0.2) is 42.7 Å². The smallest absolute Gasteiger partial charge is 0.303 e. The zero-order valence-corrected chi connectivity index (χ0v) is 11.5. The molecule has 0 fully saturated rings. The van der Waals surface area contributed by atoms with Crippen molar-refractivity contribution in [2.75, 3.05) is 26.7 Å². The fourth-order valence-corrected chi connectivity index (χ4v) is 1.75. The maximum Gasteiger partial charge on any atom is 0.303 e. The zero-order chi connectivity index (χ0) is 13.9. The third kappa shape index (κ3) is 8.35. The summed E-state index contributed by atoms with van der Waals surface area (Å²) in [5.41, 5.74) is 1.19. The van der Waals surface area contributed by atoms with E-state index in [0.29, 0.717) is 13.2 Å². The lowest BCUT2D eigenvalue weighted by atomic mass is 10.2. The maximum absolute atomic E-state index is 10.4. The second-order valence-electron chi connectivity index (χ2n) is 4.69. The molecule has 1 aromatic carbocycles. The van der Waals surface area contributed by atoms with E-state index in [-0.39, 0.29) is 6.42 Å². The van der Waals surface area contributed by atoms with E-state index in [2.05, 4.69) is 17.0 Å². The minimum atomic E-state index is -0.714. The van der Waals surface area contributed by atoms with Gasteiger partial charge in [-0.3, -0.25) is 4.79 Å². The van der Waals surface area contributed by atoms with Crippen LogP contribution in [0.2, 0.25) is 0 Å². The second-order valence-corrected chi connectivity index (χ2v) is 4.69. The molecule has 0 aliphatic rings. The molecule has 19 heavy (non-hydrogen) atoms. The Kier molecular flexibility index (Phi) is 7.86. The molecule has 0 amide bonds. The molecule has 4 nitrogen and oxygen atoms in total. The van der Waals surface area contributed by atoms with E-state index in [0.717, 1.165) is 25.9 Å². The van der Waals surface area contributed by atoms with Crippen LogP contribution >= 0.6 is 0 Å². The second kappa shape index (κ2) is 9.53. The van der Waals surface area contributed by atoms with E-state index in [4.69, 9.17) is 9.84 Å². The predicted molar refractivity (Wildman–Crippen MR) is 75.1 cm³/mol. The monoisotopic (exact) mass is 265 g/mol. The molecule has 0 radical (unpaired) electrons. The van der Waals surface area contributed by atoms with Crippen LogP contribution in [-0.2, 0) is 16.1 Å². The maximum atomic E-state index is 10.4. The number of aliphatic carboxylic acids is 1. The van der Waals surface area contributed by atoms with Gasteiger partial charge in [0, 0.05) is 13.0 Å². The van der Waals surface area contributed by atoms with Gasteiger partial charge in [0.2, 0.25) is 0 Å². The van der Waals surface area contributed by atoms with Crippen molar-refractivity contribution in [1.29, 1.82) is 0 Å². The molecule has 1 aromatic rings. The average Bonchev–Trinajstić information content (AvgIpc) is 2.41. The fraction of sp³-hybridized carbons (Fsp3) is 0.533. The summed E-state index contributed by atoms with van der Waals surface area (Å²) in [6.45, 7) is 3.14. The molecule has 0 saturated heterocycles. The molecule has 0 bridgehead atoms. The summed E-state index contributed by atoms with van der Waals surface area (Å²) in [4.78, 5) is 12.5. The first-order valence-electron chi connectivity index (χ1n) is 6.70. The van der Waals surface area contributed by atoms with Crippen molar-refractivity contribution in [3.63, 3.8) is 0 Å². The van der Waals surface area contributed by atoms with Crippen molar-refractivity contribution in [3.05, 3.63) is 35.9 Å². The van der Waals surface area contributed by atoms with Crippen LogP contribution in [0, 0.1) is 0 Å². The lowest BCUT2D eigenvalue weighted by Gasteiger charge is -2.16. The first-order valence-corrected chi connectivity index (χ1v) is 6.70. The summed E-state index contributed by atoms with van der Waals surface area (Å²) >= 11 is 0. The Labute approximate surface area is 115 Å². The largest absolute Gasteiger partial charge is 0.481 e. The molecular weight excluding hydrogens is 242 g/mol. The third-order valence-corrected chi connectivity index (χ3v) is 2.91. The highest BCUT2D eigenvalue weighted by Crippen LogP contribution is 2.01. The van der Waals surface area contributed by atoms with Gasteiger partial charge in [-0.25, -0.2) is 0 Å². The van der Waals surface area contributed by atoms with E-state index < -0.39 is 5.97 Å². The Hall–Kier alpha value is -1.39. The molecule has 0 atom stereocenters. The van der Waals surface area contributed by atoms with Gasteiger partial charge < -0.3 is 14.7 Å². The Morgan fingerprint density at radius 2 is 1.95 bits per heavy atom. The molecule has 1 rings (SSSR count). The Bertz CT molecular complexity index is 354. The molecule has 1 N–H and O–H groups in total. The highest BCUT2D eigenvalue weighted by Gasteiger charge is 2.00. The number of carboxylic acids is 1. The number of hydrogen-bond donors (Lipinski definition) is 1. The normalized spacial score (nSPS) is 10.8. The van der Waals surface area contributed by atoms with Crippen LogP contribution in [0.3, 0.4) is 0 Å². The van der Waals surface area contributed by atoms with Gasteiger partial charge in [0.25, 0.3) is 0 Å². The average molecular weight is 265 g/mol. The van der Waals surface area contributed by atoms with Gasteiger partial charge in [-0.2, -0.15) is 0 Å². The predicted octanol–water partition coefficient (Wildman–Crippen LogP) is 2.39. The van der Waals surface area contributed by atoms with Crippen molar-refractivity contribution in [2.24, 2.45) is 0 Å². The minimum absolute atomic E-state index is 0.262. The summed E-state index contributed by atoms with van der Waals surface area (Å²) < 4.78 is 5.60. The molecule has 0 unspecified atom stereocenters. The standard InChI is InChI=1S/C15H23NO3/c1-16(10-6-5-9-15(17)18)11-12-19-13-14-7-3-2-4-8-14/h2-4,7-8H,5-6,9-13H2,1H3,(H,17,18). The highest BCUT2D eigenvalue weighted by atomic mass is 16.5. The third-order valence-electron chi connectivity index (χ3n) is 2.91. The number of likely N-dealkylation sites (N-methyl/N-ethyl adjacent to an activating group) is 1. The molecular formula is C15H23NO3. The number of unbranched alkanes of at least 4 members (excludes halogenated alkanes) is 1. The van der Waals surface area contributed by atoms with Crippen LogP contribution in [0.15, 0.2) is 30.3 Å².